The number of hydrogen-bond donors (Lipinski definition) is 1. The average Bonchev–Trinajstić information content (AvgIpc) is 2.98. The summed E-state index contributed by atoms with van der Waals surface area (Å²) in [6.45, 7) is 4.21. The van der Waals surface area contributed by atoms with E-state index in [4.69, 9.17) is 9.47 Å². The van der Waals surface area contributed by atoms with Crippen LogP contribution < -0.4 is 14.8 Å². The molecule has 0 aromatic heterocycles. The molecular formula is C20H31N3O3S. The van der Waals surface area contributed by atoms with Crippen LogP contribution in [0.1, 0.15) is 24.8 Å². The summed E-state index contributed by atoms with van der Waals surface area (Å²) in [5.74, 6) is 3.93. The molecular weight excluding hydrogens is 362 g/mol. The van der Waals surface area contributed by atoms with E-state index < -0.39 is 0 Å². The molecule has 0 aliphatic carbocycles. The fraction of sp³-hybridized carbons (Fsp3) is 0.650. The molecule has 0 unspecified atom stereocenters. The van der Waals surface area contributed by atoms with Crippen molar-refractivity contribution in [2.45, 2.75) is 31.8 Å². The molecule has 3 rings (SSSR count). The van der Waals surface area contributed by atoms with Crippen LogP contribution in [0.2, 0.25) is 0 Å². The zero-order valence-corrected chi connectivity index (χ0v) is 17.2. The minimum atomic E-state index is 0.0193. The molecule has 2 aliphatic rings. The molecule has 0 radical (unpaired) electrons. The summed E-state index contributed by atoms with van der Waals surface area (Å²) in [6, 6.07) is 6.45. The van der Waals surface area contributed by atoms with Gasteiger partial charge in [-0.15, -0.1) is 0 Å². The van der Waals surface area contributed by atoms with E-state index in [9.17, 15) is 4.79 Å². The quantitative estimate of drug-likeness (QED) is 0.834. The second-order valence-electron chi connectivity index (χ2n) is 7.07. The maximum absolute atomic E-state index is 12.6. The number of nitrogens with zero attached hydrogens (tertiary/aromatic N) is 2. The molecule has 2 aliphatic heterocycles. The Kier molecular flexibility index (Phi) is 7.52. The number of rotatable bonds is 5. The third-order valence-corrected chi connectivity index (χ3v) is 6.47. The highest BCUT2D eigenvalue weighted by atomic mass is 32.2. The molecule has 0 bridgehead atoms. The van der Waals surface area contributed by atoms with E-state index >= 15 is 0 Å². The van der Waals surface area contributed by atoms with Crippen LogP contribution in [0.5, 0.6) is 11.5 Å². The van der Waals surface area contributed by atoms with Crippen LogP contribution in [-0.4, -0.2) is 73.8 Å². The van der Waals surface area contributed by atoms with Gasteiger partial charge in [0, 0.05) is 38.8 Å². The van der Waals surface area contributed by atoms with Gasteiger partial charge in [0.25, 0.3) is 0 Å². The second kappa shape index (κ2) is 10.1. The topological polar surface area (TPSA) is 54.0 Å². The smallest absolute Gasteiger partial charge is 0.317 e. The lowest BCUT2D eigenvalue weighted by molar-refractivity contribution is 0.181. The first-order valence-corrected chi connectivity index (χ1v) is 10.9. The first kappa shape index (κ1) is 20.1. The molecule has 6 nitrogen and oxygen atoms in total. The summed E-state index contributed by atoms with van der Waals surface area (Å²) >= 11 is 2.06. The molecule has 1 N–H and O–H groups in total. The van der Waals surface area contributed by atoms with Crippen LogP contribution in [-0.2, 0) is 6.54 Å². The summed E-state index contributed by atoms with van der Waals surface area (Å²) in [5, 5.41) is 3.05. The Morgan fingerprint density at radius 2 is 1.89 bits per heavy atom. The zero-order chi connectivity index (χ0) is 19.1. The van der Waals surface area contributed by atoms with Gasteiger partial charge in [-0.2, -0.15) is 11.8 Å². The van der Waals surface area contributed by atoms with Crippen LogP contribution in [0.4, 0.5) is 4.79 Å². The summed E-state index contributed by atoms with van der Waals surface area (Å²) in [6.07, 6.45) is 3.62. The van der Waals surface area contributed by atoms with Gasteiger partial charge in [-0.3, -0.25) is 4.90 Å². The van der Waals surface area contributed by atoms with E-state index in [-0.39, 0.29) is 6.03 Å². The van der Waals surface area contributed by atoms with Gasteiger partial charge in [-0.1, -0.05) is 6.07 Å². The van der Waals surface area contributed by atoms with Gasteiger partial charge < -0.3 is 19.7 Å². The van der Waals surface area contributed by atoms with Gasteiger partial charge in [0.15, 0.2) is 11.5 Å². The normalized spacial score (nSPS) is 19.4. The number of benzene rings is 1. The highest BCUT2D eigenvalue weighted by Gasteiger charge is 2.25. The molecule has 7 heteroatoms. The first-order valence-electron chi connectivity index (χ1n) is 9.76. The fourth-order valence-corrected chi connectivity index (χ4v) is 4.92. The maximum Gasteiger partial charge on any atom is 0.317 e. The number of thioether (sulfide) groups is 1. The van der Waals surface area contributed by atoms with Gasteiger partial charge in [0.05, 0.1) is 14.2 Å². The number of carbonyl (C=O) groups is 1. The van der Waals surface area contributed by atoms with E-state index in [2.05, 4.69) is 22.0 Å². The van der Waals surface area contributed by atoms with Crippen molar-refractivity contribution in [3.05, 3.63) is 23.8 Å². The van der Waals surface area contributed by atoms with E-state index in [0.29, 0.717) is 24.1 Å². The lowest BCUT2D eigenvalue weighted by Gasteiger charge is -2.33. The SMILES string of the molecule is COc1ccc(CNC(=O)N2CCCN(C3CCSCC3)CC2)cc1OC. The van der Waals surface area contributed by atoms with Crippen molar-refractivity contribution in [3.63, 3.8) is 0 Å². The Morgan fingerprint density at radius 3 is 2.63 bits per heavy atom. The largest absolute Gasteiger partial charge is 0.493 e. The third kappa shape index (κ3) is 5.45. The molecule has 0 atom stereocenters. The van der Waals surface area contributed by atoms with Crippen molar-refractivity contribution >= 4 is 17.8 Å². The van der Waals surface area contributed by atoms with Crippen LogP contribution in [0.3, 0.4) is 0 Å². The minimum Gasteiger partial charge on any atom is -0.493 e. The van der Waals surface area contributed by atoms with Crippen LogP contribution in [0.15, 0.2) is 18.2 Å². The number of ether oxygens (including phenoxy) is 2. The number of nitrogens with one attached hydrogen (secondary N) is 1. The number of methoxy groups -OCH3 is 2. The summed E-state index contributed by atoms with van der Waals surface area (Å²) in [5.41, 5.74) is 0.997. The molecule has 2 fully saturated rings. The molecule has 27 heavy (non-hydrogen) atoms. The summed E-state index contributed by atoms with van der Waals surface area (Å²) in [4.78, 5) is 17.2. The predicted molar refractivity (Wildman–Crippen MR) is 110 cm³/mol. The minimum absolute atomic E-state index is 0.0193. The van der Waals surface area contributed by atoms with Gasteiger partial charge >= 0.3 is 6.03 Å². The van der Waals surface area contributed by atoms with Crippen LogP contribution >= 0.6 is 11.8 Å². The monoisotopic (exact) mass is 393 g/mol. The van der Waals surface area contributed by atoms with Crippen molar-refractivity contribution in [2.24, 2.45) is 0 Å². The molecule has 0 saturated carbocycles. The number of carbonyl (C=O) groups excluding carboxylic acids is 1. The van der Waals surface area contributed by atoms with E-state index in [1.54, 1.807) is 14.2 Å². The second-order valence-corrected chi connectivity index (χ2v) is 8.29. The molecule has 0 spiro atoms. The van der Waals surface area contributed by atoms with Crippen molar-refractivity contribution in [1.29, 1.82) is 0 Å². The van der Waals surface area contributed by atoms with Crippen molar-refractivity contribution in [1.82, 2.24) is 15.1 Å². The van der Waals surface area contributed by atoms with Crippen LogP contribution in [0, 0.1) is 0 Å². The lowest BCUT2D eigenvalue weighted by atomic mass is 10.1. The first-order chi connectivity index (χ1) is 13.2. The average molecular weight is 394 g/mol. The molecule has 150 valence electrons. The van der Waals surface area contributed by atoms with Gasteiger partial charge in [-0.05, 0) is 48.5 Å². The maximum atomic E-state index is 12.6. The predicted octanol–water partition coefficient (Wildman–Crippen LogP) is 2.82. The van der Waals surface area contributed by atoms with Gasteiger partial charge in [0.1, 0.15) is 0 Å². The van der Waals surface area contributed by atoms with E-state index in [1.165, 1.54) is 24.3 Å². The number of urea groups is 1. The standard InChI is InChI=1S/C20H31N3O3S/c1-25-18-5-4-16(14-19(18)26-2)15-21-20(24)23-9-3-8-22(10-11-23)17-6-12-27-13-7-17/h4-5,14,17H,3,6-13,15H2,1-2H3,(H,21,24). The van der Waals surface area contributed by atoms with Crippen molar-refractivity contribution in [2.75, 3.05) is 51.9 Å². The van der Waals surface area contributed by atoms with Crippen LogP contribution in [0.25, 0.3) is 0 Å². The number of hydrogen-bond acceptors (Lipinski definition) is 5. The fourth-order valence-electron chi connectivity index (χ4n) is 3.84. The zero-order valence-electron chi connectivity index (χ0n) is 16.4. The number of amides is 2. The third-order valence-electron chi connectivity index (χ3n) is 5.42. The Hall–Kier alpha value is -1.60. The highest BCUT2D eigenvalue weighted by molar-refractivity contribution is 7.99. The Bertz CT molecular complexity index is 622. The molecule has 2 amide bonds. The molecule has 1 aromatic carbocycles. The van der Waals surface area contributed by atoms with Gasteiger partial charge in [0.2, 0.25) is 0 Å². The Balaban J connectivity index is 1.49. The van der Waals surface area contributed by atoms with E-state index in [1.807, 2.05) is 23.1 Å². The van der Waals surface area contributed by atoms with Crippen molar-refractivity contribution in [3.8, 4) is 11.5 Å². The van der Waals surface area contributed by atoms with Gasteiger partial charge in [-0.25, -0.2) is 4.79 Å². The molecule has 1 aromatic rings. The summed E-state index contributed by atoms with van der Waals surface area (Å²) in [7, 11) is 3.24. The molecule has 2 heterocycles. The molecule has 2 saturated heterocycles. The Labute approximate surface area is 166 Å². The highest BCUT2D eigenvalue weighted by Crippen LogP contribution is 2.27. The lowest BCUT2D eigenvalue weighted by Crippen LogP contribution is -2.43. The Morgan fingerprint density at radius 1 is 1.11 bits per heavy atom. The van der Waals surface area contributed by atoms with E-state index in [0.717, 1.165) is 38.2 Å². The van der Waals surface area contributed by atoms with Crippen molar-refractivity contribution < 1.29 is 14.3 Å². The summed E-state index contributed by atoms with van der Waals surface area (Å²) < 4.78 is 10.6.